The van der Waals surface area contributed by atoms with Crippen LogP contribution in [0.5, 0.6) is 0 Å². The molecule has 0 aliphatic carbocycles. The Hall–Kier alpha value is -0.490. The first-order chi connectivity index (χ1) is 6.91. The van der Waals surface area contributed by atoms with E-state index in [1.807, 2.05) is 7.05 Å². The average molecular weight is 203 g/mol. The van der Waals surface area contributed by atoms with Crippen LogP contribution in [0.2, 0.25) is 0 Å². The fourth-order valence-electron chi connectivity index (χ4n) is 0.909. The molecule has 0 atom stereocenters. The van der Waals surface area contributed by atoms with E-state index in [1.54, 1.807) is 0 Å². The molecule has 0 radical (unpaired) electrons. The molecule has 0 unspecified atom stereocenters. The lowest BCUT2D eigenvalue weighted by Crippen LogP contribution is -2.34. The van der Waals surface area contributed by atoms with E-state index in [2.05, 4.69) is 16.0 Å². The number of carbonyl (C=O) groups is 1. The molecule has 0 aliphatic rings. The van der Waals surface area contributed by atoms with Crippen LogP contribution in [0.3, 0.4) is 0 Å². The average Bonchev–Trinajstić information content (AvgIpc) is 2.21. The van der Waals surface area contributed by atoms with E-state index in [9.17, 15) is 4.79 Å². The van der Waals surface area contributed by atoms with Crippen molar-refractivity contribution in [1.29, 1.82) is 0 Å². The fraction of sp³-hybridized carbons (Fsp3) is 0.889. The molecule has 0 aromatic rings. The van der Waals surface area contributed by atoms with E-state index in [-0.39, 0.29) is 6.61 Å². The van der Waals surface area contributed by atoms with Crippen molar-refractivity contribution in [3.63, 3.8) is 0 Å². The molecule has 0 heterocycles. The highest BCUT2D eigenvalue weighted by atomic mass is 16.5. The maximum Gasteiger partial charge on any atom is 0.145 e. The fourth-order valence-corrected chi connectivity index (χ4v) is 0.909. The Morgan fingerprint density at radius 2 is 2.00 bits per heavy atom. The Morgan fingerprint density at radius 1 is 1.21 bits per heavy atom. The van der Waals surface area contributed by atoms with Gasteiger partial charge in [0, 0.05) is 26.4 Å². The topological polar surface area (TPSA) is 62.4 Å². The summed E-state index contributed by atoms with van der Waals surface area (Å²) in [4.78, 5) is 9.88. The number of rotatable bonds is 11. The van der Waals surface area contributed by atoms with Gasteiger partial charge in [-0.1, -0.05) is 0 Å². The second kappa shape index (κ2) is 12.5. The largest absolute Gasteiger partial charge is 0.374 e. The number of carbonyl (C=O) groups excluding carboxylic acids is 1. The van der Waals surface area contributed by atoms with Crippen LogP contribution in [0.25, 0.3) is 0 Å². The van der Waals surface area contributed by atoms with Crippen molar-refractivity contribution in [3.05, 3.63) is 0 Å². The van der Waals surface area contributed by atoms with Crippen molar-refractivity contribution in [2.75, 3.05) is 46.6 Å². The summed E-state index contributed by atoms with van der Waals surface area (Å²) in [6, 6.07) is 0. The smallest absolute Gasteiger partial charge is 0.145 e. The molecule has 0 saturated heterocycles. The highest BCUT2D eigenvalue weighted by Crippen LogP contribution is 1.78. The minimum atomic E-state index is 0.209. The first kappa shape index (κ1) is 13.5. The summed E-state index contributed by atoms with van der Waals surface area (Å²) in [5, 5.41) is 9.48. The zero-order chi connectivity index (χ0) is 10.5. The van der Waals surface area contributed by atoms with Gasteiger partial charge >= 0.3 is 0 Å². The Morgan fingerprint density at radius 3 is 2.71 bits per heavy atom. The Bertz CT molecular complexity index is 123. The molecule has 0 fully saturated rings. The standard InChI is InChI=1S/C9H21N3O2/c1-10-4-5-12-9-11-3-2-7-14-8-6-13/h6,10-12H,2-5,7-9H2,1H3. The molecule has 0 aromatic carbocycles. The van der Waals surface area contributed by atoms with Crippen LogP contribution in [0.15, 0.2) is 0 Å². The van der Waals surface area contributed by atoms with Gasteiger partial charge < -0.3 is 25.5 Å². The number of likely N-dealkylation sites (N-methyl/N-ethyl adjacent to an activating group) is 1. The van der Waals surface area contributed by atoms with Gasteiger partial charge in [-0.3, -0.25) is 0 Å². The summed E-state index contributed by atoms with van der Waals surface area (Å²) in [7, 11) is 1.93. The molecule has 0 rings (SSSR count). The Balaban J connectivity index is 2.81. The first-order valence-electron chi connectivity index (χ1n) is 4.99. The lowest BCUT2D eigenvalue weighted by molar-refractivity contribution is -0.111. The van der Waals surface area contributed by atoms with Gasteiger partial charge in [0.2, 0.25) is 0 Å². The molecule has 0 spiro atoms. The molecule has 5 nitrogen and oxygen atoms in total. The van der Waals surface area contributed by atoms with Crippen molar-refractivity contribution < 1.29 is 9.53 Å². The van der Waals surface area contributed by atoms with E-state index >= 15 is 0 Å². The lowest BCUT2D eigenvalue weighted by atomic mass is 10.4. The van der Waals surface area contributed by atoms with Gasteiger partial charge in [-0.15, -0.1) is 0 Å². The van der Waals surface area contributed by atoms with Crippen LogP contribution >= 0.6 is 0 Å². The molecular weight excluding hydrogens is 182 g/mol. The van der Waals surface area contributed by atoms with Crippen LogP contribution in [-0.4, -0.2) is 52.9 Å². The van der Waals surface area contributed by atoms with Crippen molar-refractivity contribution in [1.82, 2.24) is 16.0 Å². The quantitative estimate of drug-likeness (QED) is 0.227. The Kier molecular flexibility index (Phi) is 12.1. The van der Waals surface area contributed by atoms with Gasteiger partial charge in [0.25, 0.3) is 0 Å². The zero-order valence-electron chi connectivity index (χ0n) is 8.84. The van der Waals surface area contributed by atoms with Crippen molar-refractivity contribution in [3.8, 4) is 0 Å². The van der Waals surface area contributed by atoms with Gasteiger partial charge in [0.15, 0.2) is 0 Å². The molecule has 0 bridgehead atoms. The molecule has 5 heteroatoms. The number of aldehydes is 1. The molecule has 0 saturated carbocycles. The third-order valence-electron chi connectivity index (χ3n) is 1.63. The SMILES string of the molecule is CNCCNCNCCCOCC=O. The Labute approximate surface area is 85.6 Å². The summed E-state index contributed by atoms with van der Waals surface area (Å²) >= 11 is 0. The minimum absolute atomic E-state index is 0.209. The molecule has 3 N–H and O–H groups in total. The maximum absolute atomic E-state index is 9.88. The normalized spacial score (nSPS) is 10.4. The van der Waals surface area contributed by atoms with Crippen LogP contribution in [0, 0.1) is 0 Å². The summed E-state index contributed by atoms with van der Waals surface area (Å²) in [5.74, 6) is 0. The number of nitrogens with one attached hydrogen (secondary N) is 3. The summed E-state index contributed by atoms with van der Waals surface area (Å²) in [6.07, 6.45) is 1.70. The molecule has 0 aliphatic heterocycles. The second-order valence-electron chi connectivity index (χ2n) is 2.88. The van der Waals surface area contributed by atoms with Gasteiger partial charge in [-0.25, -0.2) is 0 Å². The van der Waals surface area contributed by atoms with Crippen molar-refractivity contribution in [2.45, 2.75) is 6.42 Å². The van der Waals surface area contributed by atoms with E-state index in [4.69, 9.17) is 4.74 Å². The van der Waals surface area contributed by atoms with Crippen molar-refractivity contribution in [2.24, 2.45) is 0 Å². The van der Waals surface area contributed by atoms with Crippen LogP contribution in [0.1, 0.15) is 6.42 Å². The number of ether oxygens (including phenoxy) is 1. The van der Waals surface area contributed by atoms with Gasteiger partial charge in [0.05, 0.1) is 0 Å². The molecular formula is C9H21N3O2. The van der Waals surface area contributed by atoms with Gasteiger partial charge in [-0.2, -0.15) is 0 Å². The zero-order valence-corrected chi connectivity index (χ0v) is 8.84. The highest BCUT2D eigenvalue weighted by molar-refractivity contribution is 5.50. The summed E-state index contributed by atoms with van der Waals surface area (Å²) < 4.78 is 4.99. The summed E-state index contributed by atoms with van der Waals surface area (Å²) in [5.41, 5.74) is 0. The maximum atomic E-state index is 9.88. The van der Waals surface area contributed by atoms with Gasteiger partial charge in [-0.05, 0) is 20.0 Å². The first-order valence-corrected chi connectivity index (χ1v) is 4.99. The van der Waals surface area contributed by atoms with Crippen LogP contribution in [-0.2, 0) is 9.53 Å². The van der Waals surface area contributed by atoms with Crippen LogP contribution in [0.4, 0.5) is 0 Å². The van der Waals surface area contributed by atoms with Gasteiger partial charge in [0.1, 0.15) is 12.9 Å². The molecule has 0 amide bonds. The lowest BCUT2D eigenvalue weighted by Gasteiger charge is -2.06. The predicted octanol–water partition coefficient (Wildman–Crippen LogP) is -1.05. The van der Waals surface area contributed by atoms with Crippen molar-refractivity contribution >= 4 is 6.29 Å². The highest BCUT2D eigenvalue weighted by Gasteiger charge is 1.88. The van der Waals surface area contributed by atoms with E-state index < -0.39 is 0 Å². The third kappa shape index (κ3) is 11.5. The third-order valence-corrected chi connectivity index (χ3v) is 1.63. The van der Waals surface area contributed by atoms with E-state index in [0.29, 0.717) is 6.61 Å². The monoisotopic (exact) mass is 203 g/mol. The molecule has 84 valence electrons. The summed E-state index contributed by atoms with van der Waals surface area (Å²) in [6.45, 7) is 4.51. The molecule has 14 heavy (non-hydrogen) atoms. The molecule has 0 aromatic heterocycles. The van der Waals surface area contributed by atoms with E-state index in [0.717, 1.165) is 39.0 Å². The second-order valence-corrected chi connectivity index (χ2v) is 2.88. The van der Waals surface area contributed by atoms with Crippen LogP contribution < -0.4 is 16.0 Å². The van der Waals surface area contributed by atoms with E-state index in [1.165, 1.54) is 0 Å². The minimum Gasteiger partial charge on any atom is -0.374 e. The number of hydrogen-bond acceptors (Lipinski definition) is 5. The number of hydrogen-bond donors (Lipinski definition) is 3. The predicted molar refractivity (Wildman–Crippen MR) is 56.3 cm³/mol.